The molecule has 0 fully saturated rings. The molecule has 1 aliphatic carbocycles. The van der Waals surface area contributed by atoms with E-state index in [4.69, 9.17) is 15.0 Å². The Labute approximate surface area is 122 Å². The van der Waals surface area contributed by atoms with Crippen LogP contribution in [0.5, 0.6) is 0 Å². The Morgan fingerprint density at radius 2 is 2.29 bits per heavy atom. The molecule has 0 spiro atoms. The number of carbonyl (C=O) groups is 2. The molecule has 1 aromatic rings. The van der Waals surface area contributed by atoms with Crippen LogP contribution in [-0.4, -0.2) is 35.1 Å². The van der Waals surface area contributed by atoms with Crippen LogP contribution in [0.25, 0.3) is 0 Å². The first kappa shape index (κ1) is 15.1. The second kappa shape index (κ2) is 6.43. The summed E-state index contributed by atoms with van der Waals surface area (Å²) in [5.74, 6) is -1.04. The molecular weight excluding hydrogens is 274 g/mol. The number of hydrogen-bond acceptors (Lipinski definition) is 6. The van der Waals surface area contributed by atoms with Gasteiger partial charge in [-0.25, -0.2) is 4.79 Å². The third-order valence-corrected chi connectivity index (χ3v) is 3.40. The molecule has 0 bridgehead atoms. The van der Waals surface area contributed by atoms with E-state index in [9.17, 15) is 9.59 Å². The van der Waals surface area contributed by atoms with Crippen LogP contribution in [0, 0.1) is 6.92 Å². The number of carbonyl (C=O) groups excluding carboxylic acids is 2. The molecule has 0 saturated heterocycles. The molecule has 7 heteroatoms. The summed E-state index contributed by atoms with van der Waals surface area (Å²) >= 11 is 0. The lowest BCUT2D eigenvalue weighted by molar-refractivity contribution is -0.132. The van der Waals surface area contributed by atoms with Gasteiger partial charge in [0.15, 0.2) is 6.61 Å². The Morgan fingerprint density at radius 3 is 2.81 bits per heavy atom. The molecule has 0 aliphatic heterocycles. The standard InChI is InChI=1S/C14H19N3O4/c1-3-17(10-6-4-5-7-10)11(18)8-20-14(19)12-9(2)16-21-13(12)15/h6H,3-5,7-8,15H2,1-2H3. The zero-order valence-corrected chi connectivity index (χ0v) is 12.2. The molecule has 21 heavy (non-hydrogen) atoms. The van der Waals surface area contributed by atoms with Gasteiger partial charge in [0.1, 0.15) is 5.56 Å². The molecular formula is C14H19N3O4. The van der Waals surface area contributed by atoms with E-state index < -0.39 is 5.97 Å². The maximum Gasteiger partial charge on any atom is 0.346 e. The molecule has 2 rings (SSSR count). The van der Waals surface area contributed by atoms with Crippen molar-refractivity contribution in [2.24, 2.45) is 0 Å². The van der Waals surface area contributed by atoms with E-state index in [2.05, 4.69) is 5.16 Å². The van der Waals surface area contributed by atoms with Crippen molar-refractivity contribution in [3.05, 3.63) is 23.0 Å². The molecule has 7 nitrogen and oxygen atoms in total. The predicted octanol–water partition coefficient (Wildman–Crippen LogP) is 1.64. The number of aryl methyl sites for hydroxylation is 1. The normalized spacial score (nSPS) is 13.9. The van der Waals surface area contributed by atoms with Crippen molar-refractivity contribution in [3.63, 3.8) is 0 Å². The molecule has 0 unspecified atom stereocenters. The van der Waals surface area contributed by atoms with Crippen molar-refractivity contribution < 1.29 is 18.8 Å². The van der Waals surface area contributed by atoms with Gasteiger partial charge in [0.05, 0.1) is 5.69 Å². The lowest BCUT2D eigenvalue weighted by atomic mass is 10.2. The van der Waals surface area contributed by atoms with E-state index in [0.717, 1.165) is 25.0 Å². The van der Waals surface area contributed by atoms with Crippen molar-refractivity contribution in [2.75, 3.05) is 18.9 Å². The van der Waals surface area contributed by atoms with Crippen LogP contribution >= 0.6 is 0 Å². The summed E-state index contributed by atoms with van der Waals surface area (Å²) in [5.41, 5.74) is 6.92. The van der Waals surface area contributed by atoms with E-state index >= 15 is 0 Å². The SMILES string of the molecule is CCN(C(=O)COC(=O)c1c(C)noc1N)C1=CCCC1. The molecule has 1 aromatic heterocycles. The van der Waals surface area contributed by atoms with Crippen molar-refractivity contribution in [1.29, 1.82) is 0 Å². The van der Waals surface area contributed by atoms with Gasteiger partial charge in [-0.05, 0) is 33.1 Å². The maximum absolute atomic E-state index is 12.1. The fourth-order valence-corrected chi connectivity index (χ4v) is 2.35. The number of hydrogen-bond donors (Lipinski definition) is 1. The van der Waals surface area contributed by atoms with E-state index in [1.54, 1.807) is 11.8 Å². The number of esters is 1. The van der Waals surface area contributed by atoms with Crippen molar-refractivity contribution in [3.8, 4) is 0 Å². The van der Waals surface area contributed by atoms with Crippen LogP contribution in [0.3, 0.4) is 0 Å². The second-order valence-electron chi connectivity index (χ2n) is 4.81. The quantitative estimate of drug-likeness (QED) is 0.828. The third kappa shape index (κ3) is 3.24. The monoisotopic (exact) mass is 293 g/mol. The highest BCUT2D eigenvalue weighted by Gasteiger charge is 2.23. The lowest BCUT2D eigenvalue weighted by Crippen LogP contribution is -2.33. The number of nitrogens with zero attached hydrogens (tertiary/aromatic N) is 2. The minimum absolute atomic E-state index is 0.0749. The first-order valence-corrected chi connectivity index (χ1v) is 6.92. The van der Waals surface area contributed by atoms with Gasteiger partial charge < -0.3 is 19.9 Å². The van der Waals surface area contributed by atoms with Gasteiger partial charge in [-0.15, -0.1) is 0 Å². The zero-order valence-electron chi connectivity index (χ0n) is 12.2. The Morgan fingerprint density at radius 1 is 1.52 bits per heavy atom. The van der Waals surface area contributed by atoms with Crippen molar-refractivity contribution >= 4 is 17.8 Å². The Bertz CT molecular complexity index is 557. The van der Waals surface area contributed by atoms with Gasteiger partial charge in [-0.3, -0.25) is 4.79 Å². The number of rotatable bonds is 5. The zero-order chi connectivity index (χ0) is 15.4. The minimum atomic E-state index is -0.698. The van der Waals surface area contributed by atoms with Gasteiger partial charge in [-0.2, -0.15) is 0 Å². The molecule has 0 atom stereocenters. The first-order chi connectivity index (χ1) is 10.0. The molecule has 0 saturated carbocycles. The largest absolute Gasteiger partial charge is 0.452 e. The summed E-state index contributed by atoms with van der Waals surface area (Å²) in [6.45, 7) is 3.70. The van der Waals surface area contributed by atoms with E-state index in [1.165, 1.54) is 0 Å². The highest BCUT2D eigenvalue weighted by molar-refractivity contribution is 5.96. The summed E-state index contributed by atoms with van der Waals surface area (Å²) in [6.07, 6.45) is 4.96. The van der Waals surface area contributed by atoms with Crippen LogP contribution in [0.2, 0.25) is 0 Å². The average molecular weight is 293 g/mol. The highest BCUT2D eigenvalue weighted by Crippen LogP contribution is 2.22. The van der Waals surface area contributed by atoms with Gasteiger partial charge >= 0.3 is 5.97 Å². The van der Waals surface area contributed by atoms with Crippen molar-refractivity contribution in [2.45, 2.75) is 33.1 Å². The van der Waals surface area contributed by atoms with Crippen LogP contribution in [0.1, 0.15) is 42.2 Å². The summed E-state index contributed by atoms with van der Waals surface area (Å²) in [4.78, 5) is 25.7. The highest BCUT2D eigenvalue weighted by atomic mass is 16.5. The summed E-state index contributed by atoms with van der Waals surface area (Å²) < 4.78 is 9.71. The molecule has 2 N–H and O–H groups in total. The van der Waals surface area contributed by atoms with E-state index in [-0.39, 0.29) is 24.0 Å². The van der Waals surface area contributed by atoms with Gasteiger partial charge in [-0.1, -0.05) is 11.2 Å². The molecule has 0 radical (unpaired) electrons. The Kier molecular flexibility index (Phi) is 4.62. The lowest BCUT2D eigenvalue weighted by Gasteiger charge is -2.22. The fourth-order valence-electron chi connectivity index (χ4n) is 2.35. The van der Waals surface area contributed by atoms with Crippen LogP contribution in [0.4, 0.5) is 5.88 Å². The summed E-state index contributed by atoms with van der Waals surface area (Å²) in [5, 5.41) is 3.57. The summed E-state index contributed by atoms with van der Waals surface area (Å²) in [6, 6.07) is 0. The van der Waals surface area contributed by atoms with Crippen LogP contribution in [-0.2, 0) is 9.53 Å². The molecule has 0 aromatic carbocycles. The maximum atomic E-state index is 12.1. The van der Waals surface area contributed by atoms with E-state index in [1.807, 2.05) is 13.0 Å². The van der Waals surface area contributed by atoms with Crippen molar-refractivity contribution in [1.82, 2.24) is 10.1 Å². The number of amides is 1. The smallest absolute Gasteiger partial charge is 0.346 e. The molecule has 1 aliphatic rings. The Hall–Kier alpha value is -2.31. The number of nitrogens with two attached hydrogens (primary N) is 1. The molecule has 114 valence electrons. The number of aromatic nitrogens is 1. The predicted molar refractivity (Wildman–Crippen MR) is 75.3 cm³/mol. The average Bonchev–Trinajstić information content (AvgIpc) is 3.08. The molecule has 1 heterocycles. The fraction of sp³-hybridized carbons (Fsp3) is 0.500. The molecule has 1 amide bonds. The second-order valence-corrected chi connectivity index (χ2v) is 4.81. The minimum Gasteiger partial charge on any atom is -0.452 e. The topological polar surface area (TPSA) is 98.7 Å². The van der Waals surface area contributed by atoms with Gasteiger partial charge in [0.25, 0.3) is 5.91 Å². The number of nitrogen functional groups attached to an aromatic ring is 1. The third-order valence-electron chi connectivity index (χ3n) is 3.40. The first-order valence-electron chi connectivity index (χ1n) is 6.92. The number of likely N-dealkylation sites (N-methyl/N-ethyl adjacent to an activating group) is 1. The number of ether oxygens (including phenoxy) is 1. The van der Waals surface area contributed by atoms with E-state index in [0.29, 0.717) is 12.2 Å². The number of anilines is 1. The number of allylic oxidation sites excluding steroid dienone is 2. The van der Waals surface area contributed by atoms with Gasteiger partial charge in [0, 0.05) is 12.2 Å². The summed E-state index contributed by atoms with van der Waals surface area (Å²) in [7, 11) is 0. The van der Waals surface area contributed by atoms with Crippen LogP contribution < -0.4 is 5.73 Å². The van der Waals surface area contributed by atoms with Crippen LogP contribution in [0.15, 0.2) is 16.3 Å². The Balaban J connectivity index is 1.95. The van der Waals surface area contributed by atoms with Gasteiger partial charge in [0.2, 0.25) is 5.88 Å².